The summed E-state index contributed by atoms with van der Waals surface area (Å²) in [6, 6.07) is 23.4. The van der Waals surface area contributed by atoms with Crippen molar-refractivity contribution in [1.82, 2.24) is 15.2 Å². The number of benzene rings is 3. The Morgan fingerprint density at radius 3 is 2.55 bits per heavy atom. The lowest BCUT2D eigenvalue weighted by molar-refractivity contribution is 0.102. The molecule has 0 saturated carbocycles. The number of rotatable bonds is 6. The van der Waals surface area contributed by atoms with E-state index in [0.29, 0.717) is 27.4 Å². The molecule has 0 saturated heterocycles. The molecule has 0 fully saturated rings. The first kappa shape index (κ1) is 21.1. The minimum Gasteiger partial charge on any atom is -0.356 e. The fourth-order valence-corrected chi connectivity index (χ4v) is 4.32. The summed E-state index contributed by atoms with van der Waals surface area (Å²) in [5, 5.41) is 18.2. The van der Waals surface area contributed by atoms with E-state index in [9.17, 15) is 4.79 Å². The average Bonchev–Trinajstić information content (AvgIpc) is 3.30. The van der Waals surface area contributed by atoms with Gasteiger partial charge in [0, 0.05) is 29.5 Å². The largest absolute Gasteiger partial charge is 0.356 e. The minimum atomic E-state index is -0.263. The number of hydrogen-bond acceptors (Lipinski definition) is 6. The minimum absolute atomic E-state index is 0.263. The van der Waals surface area contributed by atoms with E-state index < -0.39 is 0 Å². The van der Waals surface area contributed by atoms with Gasteiger partial charge in [-0.25, -0.2) is 0 Å². The van der Waals surface area contributed by atoms with Gasteiger partial charge in [-0.05, 0) is 40.1 Å². The summed E-state index contributed by atoms with van der Waals surface area (Å²) in [4.78, 5) is 17.4. The summed E-state index contributed by atoms with van der Waals surface area (Å²) in [5.74, 6) is -0.263. The molecule has 5 rings (SSSR count). The summed E-state index contributed by atoms with van der Waals surface area (Å²) < 4.78 is 0. The number of pyridine rings is 1. The maximum Gasteiger partial charge on any atom is 0.258 e. The molecule has 0 aliphatic carbocycles. The third-order valence-corrected chi connectivity index (χ3v) is 6.20. The lowest BCUT2D eigenvalue weighted by Gasteiger charge is -2.11. The number of carbonyl (C=O) groups excluding carboxylic acids is 1. The van der Waals surface area contributed by atoms with Gasteiger partial charge in [-0.15, -0.1) is 10.2 Å². The number of hydrogen-bond donors (Lipinski definition) is 2. The quantitative estimate of drug-likeness (QED) is 0.305. The number of nitrogens with zero attached hydrogens (tertiary/aromatic N) is 3. The van der Waals surface area contributed by atoms with Gasteiger partial charge in [0.25, 0.3) is 5.91 Å². The van der Waals surface area contributed by atoms with Crippen LogP contribution in [0.2, 0.25) is 5.02 Å². The summed E-state index contributed by atoms with van der Waals surface area (Å²) in [7, 11) is 0. The smallest absolute Gasteiger partial charge is 0.258 e. The van der Waals surface area contributed by atoms with Crippen LogP contribution in [0.1, 0.15) is 15.9 Å². The number of amides is 1. The van der Waals surface area contributed by atoms with Gasteiger partial charge in [0.1, 0.15) is 0 Å². The number of carbonyl (C=O) groups is 1. The number of anilines is 2. The van der Waals surface area contributed by atoms with Crippen LogP contribution < -0.4 is 10.6 Å². The number of aromatic nitrogens is 3. The molecule has 162 valence electrons. The van der Waals surface area contributed by atoms with Crippen LogP contribution in [0.15, 0.2) is 85.2 Å². The van der Waals surface area contributed by atoms with Crippen LogP contribution in [0, 0.1) is 0 Å². The maximum absolute atomic E-state index is 13.1. The van der Waals surface area contributed by atoms with Gasteiger partial charge in [-0.2, -0.15) is 0 Å². The van der Waals surface area contributed by atoms with Crippen LogP contribution >= 0.6 is 22.9 Å². The molecule has 0 radical (unpaired) electrons. The lowest BCUT2D eigenvalue weighted by atomic mass is 9.96. The molecule has 0 bridgehead atoms. The van der Waals surface area contributed by atoms with Crippen molar-refractivity contribution in [2.75, 3.05) is 10.6 Å². The predicted molar refractivity (Wildman–Crippen MR) is 134 cm³/mol. The van der Waals surface area contributed by atoms with Crippen molar-refractivity contribution in [2.45, 2.75) is 6.54 Å². The van der Waals surface area contributed by atoms with E-state index in [1.807, 2.05) is 54.6 Å². The van der Waals surface area contributed by atoms with E-state index in [-0.39, 0.29) is 5.91 Å². The molecule has 8 heteroatoms. The fourth-order valence-electron chi connectivity index (χ4n) is 3.56. The highest BCUT2D eigenvalue weighted by atomic mass is 35.5. The molecule has 0 atom stereocenters. The first-order valence-corrected chi connectivity index (χ1v) is 11.4. The molecule has 33 heavy (non-hydrogen) atoms. The fraction of sp³-hybridized carbons (Fsp3) is 0.0400. The van der Waals surface area contributed by atoms with Crippen molar-refractivity contribution in [3.8, 4) is 11.1 Å². The molecular formula is C25H18ClN5OS. The third kappa shape index (κ3) is 4.69. The van der Waals surface area contributed by atoms with Crippen LogP contribution in [0.4, 0.5) is 10.3 Å². The molecular weight excluding hydrogens is 454 g/mol. The molecule has 2 aromatic heterocycles. The Hall–Kier alpha value is -3.81. The highest BCUT2D eigenvalue weighted by Gasteiger charge is 2.16. The van der Waals surface area contributed by atoms with Crippen LogP contribution in [0.3, 0.4) is 0 Å². The highest BCUT2D eigenvalue weighted by Crippen LogP contribution is 2.31. The zero-order valence-electron chi connectivity index (χ0n) is 17.3. The second-order valence-electron chi connectivity index (χ2n) is 7.29. The Bertz CT molecular complexity index is 1430. The first-order chi connectivity index (χ1) is 16.2. The summed E-state index contributed by atoms with van der Waals surface area (Å²) in [6.07, 6.45) is 3.33. The Labute approximate surface area is 199 Å². The van der Waals surface area contributed by atoms with E-state index in [1.165, 1.54) is 11.3 Å². The average molecular weight is 472 g/mol. The molecule has 6 nitrogen and oxygen atoms in total. The predicted octanol–water partition coefficient (Wildman–Crippen LogP) is 6.27. The highest BCUT2D eigenvalue weighted by molar-refractivity contribution is 7.19. The van der Waals surface area contributed by atoms with Gasteiger partial charge in [0.2, 0.25) is 10.3 Å². The normalized spacial score (nSPS) is 10.8. The third-order valence-electron chi connectivity index (χ3n) is 5.15. The van der Waals surface area contributed by atoms with E-state index in [0.717, 1.165) is 27.5 Å². The Kier molecular flexibility index (Phi) is 5.97. The molecule has 2 heterocycles. The monoisotopic (exact) mass is 471 g/mol. The zero-order valence-corrected chi connectivity index (χ0v) is 18.9. The van der Waals surface area contributed by atoms with Crippen LogP contribution in [0.25, 0.3) is 21.9 Å². The van der Waals surface area contributed by atoms with E-state index in [1.54, 1.807) is 18.5 Å². The van der Waals surface area contributed by atoms with Crippen molar-refractivity contribution in [2.24, 2.45) is 0 Å². The van der Waals surface area contributed by atoms with Gasteiger partial charge in [-0.3, -0.25) is 15.1 Å². The van der Waals surface area contributed by atoms with Crippen molar-refractivity contribution in [3.63, 3.8) is 0 Å². The number of halogens is 1. The molecule has 0 unspecified atom stereocenters. The lowest BCUT2D eigenvalue weighted by Crippen LogP contribution is -2.13. The molecule has 0 spiro atoms. The Balaban J connectivity index is 1.35. The van der Waals surface area contributed by atoms with E-state index in [4.69, 9.17) is 11.6 Å². The number of fused-ring (bicyclic) bond motifs is 1. The molecule has 0 aliphatic rings. The standard InChI is InChI=1S/C25H18ClN5OS/c26-18-10-8-16(9-11-18)14-28-24-30-31-25(33-24)29-23(32)21-12-13-27-15-22(21)20-7-3-5-17-4-1-2-6-19(17)20/h1-13,15H,14H2,(H,28,30)(H,29,31,32). The second-order valence-corrected chi connectivity index (χ2v) is 8.71. The molecule has 1 amide bonds. The Morgan fingerprint density at radius 2 is 1.67 bits per heavy atom. The second kappa shape index (κ2) is 9.36. The van der Waals surface area contributed by atoms with Crippen molar-refractivity contribution in [3.05, 3.63) is 101 Å². The van der Waals surface area contributed by atoms with E-state index >= 15 is 0 Å². The van der Waals surface area contributed by atoms with E-state index in [2.05, 4.69) is 37.9 Å². The SMILES string of the molecule is O=C(Nc1nnc(NCc2ccc(Cl)cc2)s1)c1ccncc1-c1cccc2ccccc12. The summed E-state index contributed by atoms with van der Waals surface area (Å²) >= 11 is 7.20. The van der Waals surface area contributed by atoms with Crippen molar-refractivity contribution in [1.29, 1.82) is 0 Å². The molecule has 3 aromatic carbocycles. The maximum atomic E-state index is 13.1. The van der Waals surface area contributed by atoms with Crippen LogP contribution in [-0.2, 0) is 6.54 Å². The summed E-state index contributed by atoms with van der Waals surface area (Å²) in [5.41, 5.74) is 3.30. The molecule has 2 N–H and O–H groups in total. The van der Waals surface area contributed by atoms with Gasteiger partial charge in [0.15, 0.2) is 0 Å². The molecule has 0 aliphatic heterocycles. The van der Waals surface area contributed by atoms with Gasteiger partial charge < -0.3 is 5.32 Å². The van der Waals surface area contributed by atoms with Gasteiger partial charge in [-0.1, -0.05) is 77.5 Å². The van der Waals surface area contributed by atoms with Gasteiger partial charge >= 0.3 is 0 Å². The zero-order chi connectivity index (χ0) is 22.6. The summed E-state index contributed by atoms with van der Waals surface area (Å²) in [6.45, 7) is 0.579. The van der Waals surface area contributed by atoms with Crippen LogP contribution in [0.5, 0.6) is 0 Å². The number of nitrogens with one attached hydrogen (secondary N) is 2. The Morgan fingerprint density at radius 1 is 0.879 bits per heavy atom. The van der Waals surface area contributed by atoms with Gasteiger partial charge in [0.05, 0.1) is 5.56 Å². The van der Waals surface area contributed by atoms with Crippen molar-refractivity contribution < 1.29 is 4.79 Å². The molecule has 5 aromatic rings. The van der Waals surface area contributed by atoms with Crippen molar-refractivity contribution >= 4 is 49.9 Å². The first-order valence-electron chi connectivity index (χ1n) is 10.2. The topological polar surface area (TPSA) is 79.8 Å². The van der Waals surface area contributed by atoms with Crippen LogP contribution in [-0.4, -0.2) is 21.1 Å².